The molecule has 144 valence electrons. The lowest BCUT2D eigenvalue weighted by molar-refractivity contribution is -0.0680. The van der Waals surface area contributed by atoms with Crippen molar-refractivity contribution < 1.29 is 19.0 Å². The average Bonchev–Trinajstić information content (AvgIpc) is 2.66. The molecule has 2 aromatic rings. The van der Waals surface area contributed by atoms with Crippen molar-refractivity contribution in [3.63, 3.8) is 0 Å². The zero-order chi connectivity index (χ0) is 19.4. The third-order valence-electron chi connectivity index (χ3n) is 5.18. The van der Waals surface area contributed by atoms with Crippen LogP contribution in [0.4, 0.5) is 9.18 Å². The van der Waals surface area contributed by atoms with Gasteiger partial charge in [0.25, 0.3) is 0 Å². The number of cyclic esters (lactones) is 1. The highest BCUT2D eigenvalue weighted by Gasteiger charge is 2.43. The number of ether oxygens (including phenoxy) is 1. The van der Waals surface area contributed by atoms with Crippen molar-refractivity contribution in [3.05, 3.63) is 70.5 Å². The summed E-state index contributed by atoms with van der Waals surface area (Å²) in [6.07, 6.45) is 1.13. The second-order valence-electron chi connectivity index (χ2n) is 6.87. The van der Waals surface area contributed by atoms with E-state index in [4.69, 9.17) is 16.3 Å². The van der Waals surface area contributed by atoms with Crippen molar-refractivity contribution in [2.75, 3.05) is 13.2 Å². The number of aliphatic hydroxyl groups excluding tert-OH is 1. The molecule has 0 bridgehead atoms. The van der Waals surface area contributed by atoms with Gasteiger partial charge in [-0.1, -0.05) is 35.9 Å². The minimum absolute atomic E-state index is 0.00310. The Kier molecular flexibility index (Phi) is 6.02. The summed E-state index contributed by atoms with van der Waals surface area (Å²) in [7, 11) is 0. The summed E-state index contributed by atoms with van der Waals surface area (Å²) in [6.45, 7) is 2.43. The maximum atomic E-state index is 13.3. The zero-order valence-corrected chi connectivity index (χ0v) is 16.0. The van der Waals surface area contributed by atoms with Crippen LogP contribution in [0.1, 0.15) is 43.4 Å². The molecule has 1 heterocycles. The van der Waals surface area contributed by atoms with E-state index in [1.807, 2.05) is 25.1 Å². The van der Waals surface area contributed by atoms with Gasteiger partial charge in [-0.25, -0.2) is 9.18 Å². The molecular formula is C21H23ClFNO3. The predicted octanol–water partition coefficient (Wildman–Crippen LogP) is 5.05. The van der Waals surface area contributed by atoms with E-state index in [1.54, 1.807) is 23.1 Å². The van der Waals surface area contributed by atoms with Gasteiger partial charge < -0.3 is 14.7 Å². The molecule has 4 nitrogen and oxygen atoms in total. The Balaban J connectivity index is 1.83. The van der Waals surface area contributed by atoms with Crippen molar-refractivity contribution in [3.8, 4) is 0 Å². The van der Waals surface area contributed by atoms with E-state index in [2.05, 4.69) is 0 Å². The van der Waals surface area contributed by atoms with Crippen LogP contribution < -0.4 is 0 Å². The smallest absolute Gasteiger partial charge is 0.411 e. The number of hydrogen-bond acceptors (Lipinski definition) is 3. The van der Waals surface area contributed by atoms with Gasteiger partial charge >= 0.3 is 6.09 Å². The van der Waals surface area contributed by atoms with Crippen LogP contribution in [-0.2, 0) is 10.3 Å². The molecule has 0 unspecified atom stereocenters. The largest absolute Gasteiger partial charge is 0.438 e. The molecule has 2 aromatic carbocycles. The van der Waals surface area contributed by atoms with Crippen molar-refractivity contribution in [2.45, 2.75) is 37.8 Å². The maximum absolute atomic E-state index is 13.3. The second-order valence-corrected chi connectivity index (χ2v) is 7.31. The van der Waals surface area contributed by atoms with Gasteiger partial charge in [-0.3, -0.25) is 0 Å². The molecule has 0 radical (unpaired) electrons. The Morgan fingerprint density at radius 3 is 2.67 bits per heavy atom. The average molecular weight is 392 g/mol. The Morgan fingerprint density at radius 2 is 2.04 bits per heavy atom. The van der Waals surface area contributed by atoms with Crippen molar-refractivity contribution in [2.24, 2.45) is 0 Å². The van der Waals surface area contributed by atoms with Crippen LogP contribution in [0, 0.1) is 5.82 Å². The highest BCUT2D eigenvalue weighted by molar-refractivity contribution is 6.30. The van der Waals surface area contributed by atoms with E-state index in [0.717, 1.165) is 11.1 Å². The van der Waals surface area contributed by atoms with Crippen molar-refractivity contribution in [1.29, 1.82) is 0 Å². The van der Waals surface area contributed by atoms with Gasteiger partial charge in [-0.2, -0.15) is 0 Å². The van der Waals surface area contributed by atoms with Gasteiger partial charge in [0.15, 0.2) is 0 Å². The first-order valence-corrected chi connectivity index (χ1v) is 9.45. The molecule has 1 fully saturated rings. The molecule has 0 aliphatic carbocycles. The normalized spacial score (nSPS) is 21.0. The van der Waals surface area contributed by atoms with E-state index in [1.165, 1.54) is 12.1 Å². The first kappa shape index (κ1) is 19.6. The fraction of sp³-hybridized carbons (Fsp3) is 0.381. The number of nitrogens with zero attached hydrogens (tertiary/aromatic N) is 1. The number of carbonyl (C=O) groups is 1. The van der Waals surface area contributed by atoms with Crippen LogP contribution in [-0.4, -0.2) is 29.3 Å². The molecule has 0 saturated carbocycles. The predicted molar refractivity (Wildman–Crippen MR) is 102 cm³/mol. The summed E-state index contributed by atoms with van der Waals surface area (Å²) in [5.74, 6) is -0.339. The van der Waals surface area contributed by atoms with E-state index >= 15 is 0 Å². The van der Waals surface area contributed by atoms with Gasteiger partial charge in [0.1, 0.15) is 11.4 Å². The third kappa shape index (κ3) is 4.25. The number of hydrogen-bond donors (Lipinski definition) is 1. The Hall–Kier alpha value is -2.11. The lowest BCUT2D eigenvalue weighted by Gasteiger charge is -2.43. The summed E-state index contributed by atoms with van der Waals surface area (Å²) in [6, 6.07) is 13.3. The highest BCUT2D eigenvalue weighted by atomic mass is 35.5. The topological polar surface area (TPSA) is 49.8 Å². The van der Waals surface area contributed by atoms with E-state index in [0.29, 0.717) is 30.8 Å². The molecular weight excluding hydrogens is 369 g/mol. The van der Waals surface area contributed by atoms with Crippen LogP contribution in [0.3, 0.4) is 0 Å². The summed E-state index contributed by atoms with van der Waals surface area (Å²) >= 11 is 6.07. The summed E-state index contributed by atoms with van der Waals surface area (Å²) in [5, 5.41) is 9.88. The number of halogens is 2. The van der Waals surface area contributed by atoms with Gasteiger partial charge in [0.2, 0.25) is 0 Å². The minimum Gasteiger partial charge on any atom is -0.438 e. The molecule has 1 aliphatic rings. The van der Waals surface area contributed by atoms with Crippen LogP contribution >= 0.6 is 11.6 Å². The molecule has 1 amide bonds. The van der Waals surface area contributed by atoms with Crippen LogP contribution in [0.2, 0.25) is 5.02 Å². The maximum Gasteiger partial charge on any atom is 0.411 e. The monoisotopic (exact) mass is 391 g/mol. The Bertz CT molecular complexity index is 798. The molecule has 0 spiro atoms. The van der Waals surface area contributed by atoms with Gasteiger partial charge in [0.05, 0.1) is 6.04 Å². The number of rotatable bonds is 6. The molecule has 27 heavy (non-hydrogen) atoms. The first-order chi connectivity index (χ1) is 12.9. The molecule has 1 N–H and O–H groups in total. The lowest BCUT2D eigenvalue weighted by Crippen LogP contribution is -2.48. The number of aliphatic hydroxyl groups is 1. The molecule has 3 rings (SSSR count). The Labute approximate surface area is 163 Å². The highest BCUT2D eigenvalue weighted by Crippen LogP contribution is 2.40. The van der Waals surface area contributed by atoms with Crippen molar-refractivity contribution >= 4 is 17.7 Å². The Morgan fingerprint density at radius 1 is 1.30 bits per heavy atom. The van der Waals surface area contributed by atoms with E-state index < -0.39 is 11.7 Å². The summed E-state index contributed by atoms with van der Waals surface area (Å²) in [4.78, 5) is 14.5. The first-order valence-electron chi connectivity index (χ1n) is 9.07. The zero-order valence-electron chi connectivity index (χ0n) is 15.2. The van der Waals surface area contributed by atoms with Gasteiger partial charge in [-0.05, 0) is 55.2 Å². The van der Waals surface area contributed by atoms with E-state index in [-0.39, 0.29) is 18.5 Å². The SMILES string of the molecule is C[C@@H](c1cccc(Cl)c1)N1CC[C@](CCCO)(c2ccc(F)cc2)OC1=O. The van der Waals surface area contributed by atoms with Crippen LogP contribution in [0.25, 0.3) is 0 Å². The number of carbonyl (C=O) groups excluding carboxylic acids is 1. The van der Waals surface area contributed by atoms with Crippen molar-refractivity contribution in [1.82, 2.24) is 4.90 Å². The third-order valence-corrected chi connectivity index (χ3v) is 5.42. The fourth-order valence-corrected chi connectivity index (χ4v) is 3.81. The second kappa shape index (κ2) is 8.28. The number of amides is 1. The molecule has 1 aliphatic heterocycles. The molecule has 6 heteroatoms. The van der Waals surface area contributed by atoms with Crippen LogP contribution in [0.15, 0.2) is 48.5 Å². The molecule has 0 aromatic heterocycles. The van der Waals surface area contributed by atoms with Crippen LogP contribution in [0.5, 0.6) is 0 Å². The quantitative estimate of drug-likeness (QED) is 0.749. The van der Waals surface area contributed by atoms with E-state index in [9.17, 15) is 14.3 Å². The molecule has 2 atom stereocenters. The van der Waals surface area contributed by atoms with Gasteiger partial charge in [0, 0.05) is 24.6 Å². The summed E-state index contributed by atoms with van der Waals surface area (Å²) < 4.78 is 19.2. The standard InChI is InChI=1S/C21H23ClFNO3/c1-15(16-4-2-5-18(22)14-16)24-12-11-21(10-3-13-25,27-20(24)26)17-6-8-19(23)9-7-17/h2,4-9,14-15,25H,3,10-13H2,1H3/t15-,21+/m0/s1. The number of benzene rings is 2. The lowest BCUT2D eigenvalue weighted by atomic mass is 9.84. The fourth-order valence-electron chi connectivity index (χ4n) is 3.61. The molecule has 1 saturated heterocycles. The minimum atomic E-state index is -0.849. The summed E-state index contributed by atoms with van der Waals surface area (Å²) in [5.41, 5.74) is 0.836. The van der Waals surface area contributed by atoms with Gasteiger partial charge in [-0.15, -0.1) is 0 Å².